The Kier molecular flexibility index (Phi) is 3.61. The van der Waals surface area contributed by atoms with Crippen LogP contribution >= 0.6 is 0 Å². The SMILES string of the molecule is CCOc1ccc(C(C)(C)C)c(OC)c1. The largest absolute Gasteiger partial charge is 0.496 e. The first-order valence-electron chi connectivity index (χ1n) is 5.30. The van der Waals surface area contributed by atoms with Gasteiger partial charge in [0.15, 0.2) is 0 Å². The molecule has 0 aliphatic rings. The van der Waals surface area contributed by atoms with E-state index in [4.69, 9.17) is 9.47 Å². The molecule has 2 nitrogen and oxygen atoms in total. The zero-order valence-electron chi connectivity index (χ0n) is 10.3. The molecule has 0 radical (unpaired) electrons. The fourth-order valence-corrected chi connectivity index (χ4v) is 1.55. The summed E-state index contributed by atoms with van der Waals surface area (Å²) >= 11 is 0. The predicted molar refractivity (Wildman–Crippen MR) is 62.9 cm³/mol. The van der Waals surface area contributed by atoms with Crippen molar-refractivity contribution >= 4 is 0 Å². The van der Waals surface area contributed by atoms with E-state index < -0.39 is 0 Å². The van der Waals surface area contributed by atoms with E-state index in [0.717, 1.165) is 11.5 Å². The fourth-order valence-electron chi connectivity index (χ4n) is 1.55. The van der Waals surface area contributed by atoms with Crippen molar-refractivity contribution in [3.05, 3.63) is 23.8 Å². The van der Waals surface area contributed by atoms with Crippen molar-refractivity contribution in [1.82, 2.24) is 0 Å². The molecule has 0 unspecified atom stereocenters. The van der Waals surface area contributed by atoms with Crippen LogP contribution in [0.1, 0.15) is 33.3 Å². The van der Waals surface area contributed by atoms with E-state index in [1.165, 1.54) is 5.56 Å². The smallest absolute Gasteiger partial charge is 0.126 e. The molecule has 1 aromatic carbocycles. The van der Waals surface area contributed by atoms with Crippen LogP contribution in [0.4, 0.5) is 0 Å². The molecular formula is C13H20O2. The van der Waals surface area contributed by atoms with Gasteiger partial charge in [-0.1, -0.05) is 26.8 Å². The van der Waals surface area contributed by atoms with E-state index in [0.29, 0.717) is 6.61 Å². The molecule has 0 atom stereocenters. The topological polar surface area (TPSA) is 18.5 Å². The minimum atomic E-state index is 0.0933. The van der Waals surface area contributed by atoms with Crippen LogP contribution in [0.15, 0.2) is 18.2 Å². The van der Waals surface area contributed by atoms with E-state index in [2.05, 4.69) is 26.8 Å². The number of methoxy groups -OCH3 is 1. The average molecular weight is 208 g/mol. The van der Waals surface area contributed by atoms with E-state index in [1.807, 2.05) is 19.1 Å². The van der Waals surface area contributed by atoms with Gasteiger partial charge in [-0.2, -0.15) is 0 Å². The summed E-state index contributed by atoms with van der Waals surface area (Å²) in [6.07, 6.45) is 0. The minimum absolute atomic E-state index is 0.0933. The van der Waals surface area contributed by atoms with Crippen molar-refractivity contribution in [2.75, 3.05) is 13.7 Å². The molecule has 0 heterocycles. The Hall–Kier alpha value is -1.18. The van der Waals surface area contributed by atoms with Crippen LogP contribution in [0.25, 0.3) is 0 Å². The Morgan fingerprint density at radius 3 is 2.33 bits per heavy atom. The van der Waals surface area contributed by atoms with Crippen molar-refractivity contribution < 1.29 is 9.47 Å². The van der Waals surface area contributed by atoms with Gasteiger partial charge < -0.3 is 9.47 Å². The summed E-state index contributed by atoms with van der Waals surface area (Å²) in [6.45, 7) is 9.17. The molecule has 0 amide bonds. The lowest BCUT2D eigenvalue weighted by molar-refractivity contribution is 0.334. The summed E-state index contributed by atoms with van der Waals surface area (Å²) in [6, 6.07) is 6.01. The maximum Gasteiger partial charge on any atom is 0.126 e. The molecule has 0 bridgehead atoms. The molecule has 2 heteroatoms. The van der Waals surface area contributed by atoms with E-state index >= 15 is 0 Å². The monoisotopic (exact) mass is 208 g/mol. The summed E-state index contributed by atoms with van der Waals surface area (Å²) in [5.74, 6) is 1.76. The van der Waals surface area contributed by atoms with Crippen LogP contribution in [0.5, 0.6) is 11.5 Å². The highest BCUT2D eigenvalue weighted by atomic mass is 16.5. The zero-order valence-corrected chi connectivity index (χ0v) is 10.3. The van der Waals surface area contributed by atoms with E-state index in [-0.39, 0.29) is 5.41 Å². The molecule has 0 N–H and O–H groups in total. The van der Waals surface area contributed by atoms with Gasteiger partial charge in [0.25, 0.3) is 0 Å². The molecule has 1 aromatic rings. The average Bonchev–Trinajstić information content (AvgIpc) is 2.16. The van der Waals surface area contributed by atoms with Crippen molar-refractivity contribution in [3.8, 4) is 11.5 Å². The van der Waals surface area contributed by atoms with Crippen LogP contribution in [0, 0.1) is 0 Å². The van der Waals surface area contributed by atoms with Crippen molar-refractivity contribution in [3.63, 3.8) is 0 Å². The quantitative estimate of drug-likeness (QED) is 0.758. The van der Waals surface area contributed by atoms with Crippen molar-refractivity contribution in [1.29, 1.82) is 0 Å². The second-order valence-corrected chi connectivity index (χ2v) is 4.55. The second-order valence-electron chi connectivity index (χ2n) is 4.55. The van der Waals surface area contributed by atoms with Crippen LogP contribution in [-0.4, -0.2) is 13.7 Å². The van der Waals surface area contributed by atoms with Gasteiger partial charge in [-0.25, -0.2) is 0 Å². The lowest BCUT2D eigenvalue weighted by atomic mass is 9.86. The highest BCUT2D eigenvalue weighted by Gasteiger charge is 2.18. The Balaban J connectivity index is 3.09. The number of hydrogen-bond donors (Lipinski definition) is 0. The van der Waals surface area contributed by atoms with Gasteiger partial charge in [-0.3, -0.25) is 0 Å². The van der Waals surface area contributed by atoms with Gasteiger partial charge in [-0.15, -0.1) is 0 Å². The lowest BCUT2D eigenvalue weighted by Gasteiger charge is -2.22. The number of rotatable bonds is 3. The Morgan fingerprint density at radius 1 is 1.20 bits per heavy atom. The maximum absolute atomic E-state index is 5.44. The molecule has 0 aliphatic heterocycles. The number of hydrogen-bond acceptors (Lipinski definition) is 2. The molecule has 15 heavy (non-hydrogen) atoms. The summed E-state index contributed by atoms with van der Waals surface area (Å²) in [5.41, 5.74) is 1.30. The van der Waals surface area contributed by atoms with Crippen LogP contribution in [0.3, 0.4) is 0 Å². The van der Waals surface area contributed by atoms with Crippen LogP contribution in [-0.2, 0) is 5.41 Å². The molecule has 0 saturated heterocycles. The molecule has 0 fully saturated rings. The molecule has 1 rings (SSSR count). The zero-order chi connectivity index (χ0) is 11.5. The van der Waals surface area contributed by atoms with Crippen LogP contribution in [0.2, 0.25) is 0 Å². The van der Waals surface area contributed by atoms with Crippen LogP contribution < -0.4 is 9.47 Å². The van der Waals surface area contributed by atoms with Gasteiger partial charge in [0, 0.05) is 6.07 Å². The minimum Gasteiger partial charge on any atom is -0.496 e. The van der Waals surface area contributed by atoms with Gasteiger partial charge >= 0.3 is 0 Å². The first kappa shape index (κ1) is 11.9. The lowest BCUT2D eigenvalue weighted by Crippen LogP contribution is -2.12. The van der Waals surface area contributed by atoms with Crippen molar-refractivity contribution in [2.24, 2.45) is 0 Å². The second kappa shape index (κ2) is 4.56. The first-order chi connectivity index (χ1) is 6.99. The van der Waals surface area contributed by atoms with Gasteiger partial charge in [0.2, 0.25) is 0 Å². The van der Waals surface area contributed by atoms with Crippen molar-refractivity contribution in [2.45, 2.75) is 33.1 Å². The molecular weight excluding hydrogens is 188 g/mol. The van der Waals surface area contributed by atoms with Gasteiger partial charge in [0.1, 0.15) is 11.5 Å². The molecule has 0 aromatic heterocycles. The fraction of sp³-hybridized carbons (Fsp3) is 0.538. The molecule has 0 aliphatic carbocycles. The van der Waals surface area contributed by atoms with Gasteiger partial charge in [0.05, 0.1) is 13.7 Å². The summed E-state index contributed by atoms with van der Waals surface area (Å²) in [7, 11) is 1.69. The Labute approximate surface area is 92.2 Å². The highest BCUT2D eigenvalue weighted by molar-refractivity contribution is 5.44. The third-order valence-corrected chi connectivity index (χ3v) is 2.29. The molecule has 84 valence electrons. The van der Waals surface area contributed by atoms with Gasteiger partial charge in [-0.05, 0) is 24.0 Å². The number of benzene rings is 1. The third-order valence-electron chi connectivity index (χ3n) is 2.29. The van der Waals surface area contributed by atoms with E-state index in [1.54, 1.807) is 7.11 Å². The summed E-state index contributed by atoms with van der Waals surface area (Å²) < 4.78 is 10.8. The van der Waals surface area contributed by atoms with E-state index in [9.17, 15) is 0 Å². The maximum atomic E-state index is 5.44. The first-order valence-corrected chi connectivity index (χ1v) is 5.30. The normalized spacial score (nSPS) is 11.3. The summed E-state index contributed by atoms with van der Waals surface area (Å²) in [5, 5.41) is 0. The highest BCUT2D eigenvalue weighted by Crippen LogP contribution is 2.33. The summed E-state index contributed by atoms with van der Waals surface area (Å²) in [4.78, 5) is 0. The Bertz CT molecular complexity index is 324. The molecule has 0 spiro atoms. The Morgan fingerprint density at radius 2 is 1.87 bits per heavy atom. The number of ether oxygens (including phenoxy) is 2. The standard InChI is InChI=1S/C13H20O2/c1-6-15-10-7-8-11(13(2,3)4)12(9-10)14-5/h7-9H,6H2,1-5H3. The predicted octanol–water partition coefficient (Wildman–Crippen LogP) is 3.39. The third kappa shape index (κ3) is 2.88. The molecule has 0 saturated carbocycles.